The summed E-state index contributed by atoms with van der Waals surface area (Å²) >= 11 is 0. The molecule has 0 fully saturated rings. The van der Waals surface area contributed by atoms with Crippen molar-refractivity contribution >= 4 is 13.6 Å². The Hall–Kier alpha value is -0.0766. The molecule has 0 unspecified atom stereocenters. The second kappa shape index (κ2) is 37.0. The maximum atomic E-state index is 7.75. The molecule has 0 saturated carbocycles. The van der Waals surface area contributed by atoms with Crippen LogP contribution in [0, 0.1) is 5.92 Å². The Labute approximate surface area is 108 Å². The summed E-state index contributed by atoms with van der Waals surface area (Å²) < 4.78 is 0. The summed E-state index contributed by atoms with van der Waals surface area (Å²) in [5, 5.41) is 0. The Kier molecular flexibility index (Phi) is 72.5. The monoisotopic (exact) mass is 304 g/mol. The average molecular weight is 303 g/mol. The van der Waals surface area contributed by atoms with Gasteiger partial charge in [-0.05, 0) is 27.1 Å². The van der Waals surface area contributed by atoms with Crippen LogP contribution in [0.1, 0.15) is 34.1 Å². The maximum Gasteiger partial charge on any atom is 4.00 e. The van der Waals surface area contributed by atoms with Crippen molar-refractivity contribution in [2.45, 2.75) is 34.1 Å². The molecule has 0 N–H and O–H groups in total. The van der Waals surface area contributed by atoms with Crippen molar-refractivity contribution in [2.24, 2.45) is 0 Å². The minimum Gasteiger partial charge on any atom is -0.545 e. The van der Waals surface area contributed by atoms with Crippen LogP contribution < -0.4 is 0 Å². The van der Waals surface area contributed by atoms with Crippen molar-refractivity contribution in [1.29, 1.82) is 0 Å². The predicted octanol–water partition coefficient (Wildman–Crippen LogP) is 2.03. The first-order valence-electron chi connectivity index (χ1n) is 4.39. The van der Waals surface area contributed by atoms with E-state index in [0.717, 1.165) is 0 Å². The van der Waals surface area contributed by atoms with Crippen LogP contribution in [0.25, 0.3) is 0 Å². The largest absolute Gasteiger partial charge is 4.00 e. The summed E-state index contributed by atoms with van der Waals surface area (Å²) in [6, 6.07) is 0. The molecule has 0 aromatic heterocycles. The van der Waals surface area contributed by atoms with Gasteiger partial charge in [0.1, 0.15) is 0 Å². The van der Waals surface area contributed by atoms with Crippen molar-refractivity contribution in [3.8, 4) is 0 Å². The van der Waals surface area contributed by atoms with Crippen LogP contribution in [0.5, 0.6) is 0 Å². The number of rotatable bonds is 2. The summed E-state index contributed by atoms with van der Waals surface area (Å²) in [5.41, 5.74) is 0. The quantitative estimate of drug-likeness (QED) is 0.445. The van der Waals surface area contributed by atoms with E-state index in [1.165, 1.54) is 18.9 Å². The Morgan fingerprint density at radius 2 is 1.20 bits per heavy atom. The molecule has 0 aromatic rings. The second-order valence-electron chi connectivity index (χ2n) is 3.30. The standard InChI is InChI=1S/C5H13N.C4H9.2CHO.Ru/c1-4-5-6(2)3;1-4(2)3;2*1-2;/h4-5H2,1-3H3;1-3H3;2*1H;/q;3*-1;+4. The van der Waals surface area contributed by atoms with E-state index in [1.807, 2.05) is 0 Å². The van der Waals surface area contributed by atoms with Crippen molar-refractivity contribution in [1.82, 2.24) is 4.90 Å². The molecular formula is C11H24NO2Ru+. The van der Waals surface area contributed by atoms with Gasteiger partial charge in [0.15, 0.2) is 0 Å². The zero-order valence-electron chi connectivity index (χ0n) is 10.7. The van der Waals surface area contributed by atoms with Crippen molar-refractivity contribution in [3.63, 3.8) is 0 Å². The van der Waals surface area contributed by atoms with Gasteiger partial charge >= 0.3 is 19.5 Å². The molecule has 0 aliphatic heterocycles. The maximum absolute atomic E-state index is 7.75. The van der Waals surface area contributed by atoms with Crippen molar-refractivity contribution in [2.75, 3.05) is 20.6 Å². The summed E-state index contributed by atoms with van der Waals surface area (Å²) in [7, 11) is 4.17. The molecule has 4 heteroatoms. The normalized spacial score (nSPS) is 6.93. The molecule has 0 bridgehead atoms. The van der Waals surface area contributed by atoms with E-state index in [0.29, 0.717) is 0 Å². The van der Waals surface area contributed by atoms with Crippen LogP contribution >= 0.6 is 0 Å². The van der Waals surface area contributed by atoms with Gasteiger partial charge in [-0.25, -0.2) is 0 Å². The van der Waals surface area contributed by atoms with Crippen LogP contribution in [0.2, 0.25) is 0 Å². The smallest absolute Gasteiger partial charge is 0.545 e. The topological polar surface area (TPSA) is 37.4 Å². The SMILES string of the molecule is CCCN(C)C.C[C-](C)C.[CH-]=O.[CH-]=O.[Ru+4]. The first-order chi connectivity index (χ1) is 6.50. The molecule has 0 aliphatic rings. The fourth-order valence-electron chi connectivity index (χ4n) is 0.447. The van der Waals surface area contributed by atoms with E-state index in [-0.39, 0.29) is 19.5 Å². The minimum atomic E-state index is 0. The summed E-state index contributed by atoms with van der Waals surface area (Å²) in [6.07, 6.45) is 1.26. The number of hydrogen-bond acceptors (Lipinski definition) is 3. The van der Waals surface area contributed by atoms with E-state index in [9.17, 15) is 0 Å². The van der Waals surface area contributed by atoms with E-state index in [4.69, 9.17) is 9.59 Å². The number of nitrogens with zero attached hydrogens (tertiary/aromatic N) is 1. The summed E-state index contributed by atoms with van der Waals surface area (Å²) in [5.74, 6) is 1.42. The van der Waals surface area contributed by atoms with Gasteiger partial charge in [0, 0.05) is 0 Å². The number of hydrogen-bond donors (Lipinski definition) is 0. The minimum absolute atomic E-state index is 0. The number of carbonyl (C=O) groups excluding carboxylic acids is 2. The van der Waals surface area contributed by atoms with Gasteiger partial charge in [0.05, 0.1) is 0 Å². The van der Waals surface area contributed by atoms with Crippen LogP contribution in [0.15, 0.2) is 0 Å². The molecule has 92 valence electrons. The third kappa shape index (κ3) is 232. The Morgan fingerprint density at radius 3 is 1.20 bits per heavy atom. The van der Waals surface area contributed by atoms with Gasteiger partial charge in [-0.1, -0.05) is 6.92 Å². The average Bonchev–Trinajstić information content (AvgIpc) is 2.10. The molecule has 0 rings (SSSR count). The van der Waals surface area contributed by atoms with Gasteiger partial charge in [0.2, 0.25) is 0 Å². The first kappa shape index (κ1) is 29.4. The van der Waals surface area contributed by atoms with Crippen LogP contribution in [0.4, 0.5) is 0 Å². The van der Waals surface area contributed by atoms with Gasteiger partial charge in [0.25, 0.3) is 0 Å². The molecule has 0 radical (unpaired) electrons. The Balaban J connectivity index is -0.0000000327. The fraction of sp³-hybridized carbons (Fsp3) is 0.727. The third-order valence-electron chi connectivity index (χ3n) is 0.671. The van der Waals surface area contributed by atoms with Crippen LogP contribution in [-0.2, 0) is 29.1 Å². The first-order valence-corrected chi connectivity index (χ1v) is 4.39. The fourth-order valence-corrected chi connectivity index (χ4v) is 0.447. The van der Waals surface area contributed by atoms with Gasteiger partial charge in [-0.15, -0.1) is 0 Å². The summed E-state index contributed by atoms with van der Waals surface area (Å²) in [4.78, 5) is 17.7. The van der Waals surface area contributed by atoms with Crippen LogP contribution in [-0.4, -0.2) is 39.1 Å². The van der Waals surface area contributed by atoms with Gasteiger partial charge in [-0.2, -0.15) is 20.8 Å². The molecular weight excluding hydrogens is 279 g/mol. The zero-order valence-corrected chi connectivity index (χ0v) is 12.4. The third-order valence-corrected chi connectivity index (χ3v) is 0.671. The Morgan fingerprint density at radius 1 is 1.00 bits per heavy atom. The Bertz CT molecular complexity index is 76.2. The molecule has 0 heterocycles. The van der Waals surface area contributed by atoms with Gasteiger partial charge in [-0.3, -0.25) is 13.6 Å². The predicted molar refractivity (Wildman–Crippen MR) is 62.6 cm³/mol. The molecule has 3 nitrogen and oxygen atoms in total. The molecule has 0 aliphatic carbocycles. The van der Waals surface area contributed by atoms with E-state index in [2.05, 4.69) is 60.3 Å². The van der Waals surface area contributed by atoms with E-state index >= 15 is 0 Å². The molecule has 15 heavy (non-hydrogen) atoms. The zero-order chi connectivity index (χ0) is 12.6. The van der Waals surface area contributed by atoms with Gasteiger partial charge < -0.3 is 20.4 Å². The summed E-state index contributed by atoms with van der Waals surface area (Å²) in [6.45, 7) is 16.1. The van der Waals surface area contributed by atoms with E-state index < -0.39 is 0 Å². The second-order valence-corrected chi connectivity index (χ2v) is 3.30. The molecule has 0 saturated heterocycles. The van der Waals surface area contributed by atoms with Crippen LogP contribution in [0.3, 0.4) is 0 Å². The molecule has 0 atom stereocenters. The molecule has 0 aromatic carbocycles. The molecule has 0 amide bonds. The molecule has 0 spiro atoms. The van der Waals surface area contributed by atoms with E-state index in [1.54, 1.807) is 0 Å². The van der Waals surface area contributed by atoms with Crippen molar-refractivity contribution < 1.29 is 29.1 Å². The van der Waals surface area contributed by atoms with Crippen molar-refractivity contribution in [3.05, 3.63) is 5.92 Å².